The van der Waals surface area contributed by atoms with Gasteiger partial charge in [-0.1, -0.05) is 32.0 Å². The molecule has 1 aliphatic heterocycles. The van der Waals surface area contributed by atoms with Crippen molar-refractivity contribution in [3.05, 3.63) is 35.4 Å². The third kappa shape index (κ3) is 2.41. The number of aliphatic hydroxyl groups is 1. The second-order valence-corrected chi connectivity index (χ2v) is 5.83. The Morgan fingerprint density at radius 3 is 2.67 bits per heavy atom. The number of rotatable bonds is 1. The Labute approximate surface area is 108 Å². The Bertz CT molecular complexity index is 454. The van der Waals surface area contributed by atoms with Crippen LogP contribution in [0.1, 0.15) is 36.2 Å². The normalized spacial score (nSPS) is 22.9. The van der Waals surface area contributed by atoms with E-state index in [0.29, 0.717) is 19.5 Å². The zero-order valence-electron chi connectivity index (χ0n) is 11.3. The van der Waals surface area contributed by atoms with Gasteiger partial charge >= 0.3 is 0 Å². The van der Waals surface area contributed by atoms with Gasteiger partial charge in [0.15, 0.2) is 0 Å². The minimum Gasteiger partial charge on any atom is -0.392 e. The van der Waals surface area contributed by atoms with Crippen LogP contribution in [0.5, 0.6) is 0 Å². The molecule has 1 aliphatic rings. The van der Waals surface area contributed by atoms with Crippen molar-refractivity contribution in [1.29, 1.82) is 0 Å². The molecule has 1 aromatic rings. The van der Waals surface area contributed by atoms with E-state index >= 15 is 0 Å². The van der Waals surface area contributed by atoms with Crippen molar-refractivity contribution < 1.29 is 9.90 Å². The average molecular weight is 247 g/mol. The first kappa shape index (κ1) is 13.1. The molecule has 98 valence electrons. The van der Waals surface area contributed by atoms with Gasteiger partial charge in [0.1, 0.15) is 0 Å². The number of aryl methyl sites for hydroxylation is 1. The molecular formula is C15H21NO2. The van der Waals surface area contributed by atoms with Crippen molar-refractivity contribution in [2.24, 2.45) is 5.41 Å². The summed E-state index contributed by atoms with van der Waals surface area (Å²) in [4.78, 5) is 14.3. The molecule has 0 aromatic heterocycles. The van der Waals surface area contributed by atoms with E-state index in [9.17, 15) is 9.90 Å². The first-order valence-corrected chi connectivity index (χ1v) is 6.45. The topological polar surface area (TPSA) is 40.5 Å². The minimum atomic E-state index is -0.321. The lowest BCUT2D eigenvalue weighted by molar-refractivity contribution is -0.0182. The van der Waals surface area contributed by atoms with Crippen molar-refractivity contribution >= 4 is 5.91 Å². The van der Waals surface area contributed by atoms with E-state index in [-0.39, 0.29) is 17.4 Å². The fourth-order valence-corrected chi connectivity index (χ4v) is 2.50. The van der Waals surface area contributed by atoms with Crippen LogP contribution in [0.15, 0.2) is 24.3 Å². The third-order valence-electron chi connectivity index (χ3n) is 3.84. The number of likely N-dealkylation sites (tertiary alicyclic amines) is 1. The minimum absolute atomic E-state index is 0.0769. The Morgan fingerprint density at radius 2 is 2.06 bits per heavy atom. The van der Waals surface area contributed by atoms with E-state index in [0.717, 1.165) is 11.1 Å². The molecule has 1 heterocycles. The molecular weight excluding hydrogens is 226 g/mol. The van der Waals surface area contributed by atoms with Gasteiger partial charge in [-0.05, 0) is 25.0 Å². The van der Waals surface area contributed by atoms with Crippen molar-refractivity contribution in [3.8, 4) is 0 Å². The van der Waals surface area contributed by atoms with Crippen LogP contribution in [0.4, 0.5) is 0 Å². The standard InChI is InChI=1S/C15H21NO2/c1-11-6-4-5-7-12(11)14(18)16-9-8-13(17)15(2,3)10-16/h4-7,13,17H,8-10H2,1-3H3. The van der Waals surface area contributed by atoms with E-state index in [1.54, 1.807) is 0 Å². The number of piperidine rings is 1. The molecule has 3 nitrogen and oxygen atoms in total. The van der Waals surface area contributed by atoms with E-state index < -0.39 is 0 Å². The molecule has 0 radical (unpaired) electrons. The molecule has 1 amide bonds. The second kappa shape index (κ2) is 4.73. The van der Waals surface area contributed by atoms with Gasteiger partial charge in [0.05, 0.1) is 6.10 Å². The van der Waals surface area contributed by atoms with Crippen LogP contribution in [0, 0.1) is 12.3 Å². The summed E-state index contributed by atoms with van der Waals surface area (Å²) in [6.07, 6.45) is 0.336. The number of aliphatic hydroxyl groups excluding tert-OH is 1. The largest absolute Gasteiger partial charge is 0.392 e. The summed E-state index contributed by atoms with van der Waals surface area (Å²) < 4.78 is 0. The number of benzene rings is 1. The maximum Gasteiger partial charge on any atom is 0.254 e. The fourth-order valence-electron chi connectivity index (χ4n) is 2.50. The summed E-state index contributed by atoms with van der Waals surface area (Å²) in [5.41, 5.74) is 1.55. The first-order chi connectivity index (χ1) is 8.42. The van der Waals surface area contributed by atoms with Crippen LogP contribution in [-0.4, -0.2) is 35.1 Å². The molecule has 0 aliphatic carbocycles. The Balaban J connectivity index is 2.18. The molecule has 1 saturated heterocycles. The van der Waals surface area contributed by atoms with Gasteiger partial charge in [-0.3, -0.25) is 4.79 Å². The molecule has 3 heteroatoms. The van der Waals surface area contributed by atoms with Gasteiger partial charge in [0.25, 0.3) is 5.91 Å². The lowest BCUT2D eigenvalue weighted by Gasteiger charge is -2.41. The molecule has 0 spiro atoms. The fraction of sp³-hybridized carbons (Fsp3) is 0.533. The lowest BCUT2D eigenvalue weighted by atomic mass is 9.81. The van der Waals surface area contributed by atoms with Crippen LogP contribution >= 0.6 is 0 Å². The highest BCUT2D eigenvalue weighted by molar-refractivity contribution is 5.95. The van der Waals surface area contributed by atoms with Crippen molar-refractivity contribution in [2.75, 3.05) is 13.1 Å². The van der Waals surface area contributed by atoms with Crippen molar-refractivity contribution in [1.82, 2.24) is 4.90 Å². The maximum atomic E-state index is 12.5. The SMILES string of the molecule is Cc1ccccc1C(=O)N1CCC(O)C(C)(C)C1. The first-order valence-electron chi connectivity index (χ1n) is 6.45. The average Bonchev–Trinajstić information content (AvgIpc) is 2.32. The van der Waals surface area contributed by atoms with Crippen LogP contribution in [-0.2, 0) is 0 Å². The molecule has 1 unspecified atom stereocenters. The zero-order chi connectivity index (χ0) is 13.3. The predicted molar refractivity (Wildman–Crippen MR) is 71.5 cm³/mol. The highest BCUT2D eigenvalue weighted by atomic mass is 16.3. The Morgan fingerprint density at radius 1 is 1.39 bits per heavy atom. The molecule has 1 aromatic carbocycles. The van der Waals surface area contributed by atoms with Crippen LogP contribution < -0.4 is 0 Å². The van der Waals surface area contributed by atoms with E-state index in [1.165, 1.54) is 0 Å². The Hall–Kier alpha value is -1.35. The van der Waals surface area contributed by atoms with E-state index in [4.69, 9.17) is 0 Å². The molecule has 1 N–H and O–H groups in total. The maximum absolute atomic E-state index is 12.5. The Kier molecular flexibility index (Phi) is 3.44. The quantitative estimate of drug-likeness (QED) is 0.826. The van der Waals surface area contributed by atoms with Gasteiger partial charge < -0.3 is 10.0 Å². The molecule has 0 bridgehead atoms. The third-order valence-corrected chi connectivity index (χ3v) is 3.84. The monoisotopic (exact) mass is 247 g/mol. The number of carbonyl (C=O) groups is 1. The summed E-state index contributed by atoms with van der Waals surface area (Å²) in [6, 6.07) is 7.66. The van der Waals surface area contributed by atoms with Gasteiger partial charge in [-0.25, -0.2) is 0 Å². The highest BCUT2D eigenvalue weighted by Crippen LogP contribution is 2.30. The van der Waals surface area contributed by atoms with Crippen LogP contribution in [0.2, 0.25) is 0 Å². The van der Waals surface area contributed by atoms with Crippen molar-refractivity contribution in [3.63, 3.8) is 0 Å². The smallest absolute Gasteiger partial charge is 0.254 e. The van der Waals surface area contributed by atoms with E-state index in [2.05, 4.69) is 0 Å². The number of carbonyl (C=O) groups excluding carboxylic acids is 1. The van der Waals surface area contributed by atoms with Gasteiger partial charge in [0.2, 0.25) is 0 Å². The molecule has 0 saturated carbocycles. The summed E-state index contributed by atoms with van der Waals surface area (Å²) in [5.74, 6) is 0.0769. The molecule has 2 rings (SSSR count). The summed E-state index contributed by atoms with van der Waals surface area (Å²) in [7, 11) is 0. The van der Waals surface area contributed by atoms with Gasteiger partial charge in [-0.15, -0.1) is 0 Å². The van der Waals surface area contributed by atoms with Gasteiger partial charge in [0, 0.05) is 24.1 Å². The second-order valence-electron chi connectivity index (χ2n) is 5.83. The summed E-state index contributed by atoms with van der Waals surface area (Å²) in [5, 5.41) is 9.92. The number of hydrogen-bond donors (Lipinski definition) is 1. The molecule has 18 heavy (non-hydrogen) atoms. The van der Waals surface area contributed by atoms with E-state index in [1.807, 2.05) is 49.9 Å². The van der Waals surface area contributed by atoms with Crippen LogP contribution in [0.3, 0.4) is 0 Å². The predicted octanol–water partition coefficient (Wildman–Crippen LogP) is 2.23. The summed E-state index contributed by atoms with van der Waals surface area (Å²) >= 11 is 0. The van der Waals surface area contributed by atoms with Gasteiger partial charge in [-0.2, -0.15) is 0 Å². The highest BCUT2D eigenvalue weighted by Gasteiger charge is 2.36. The zero-order valence-corrected chi connectivity index (χ0v) is 11.3. The number of amides is 1. The lowest BCUT2D eigenvalue weighted by Crippen LogP contribution is -2.50. The van der Waals surface area contributed by atoms with Crippen LogP contribution in [0.25, 0.3) is 0 Å². The molecule has 1 fully saturated rings. The molecule has 1 atom stereocenters. The van der Waals surface area contributed by atoms with Crippen molar-refractivity contribution in [2.45, 2.75) is 33.3 Å². The summed E-state index contributed by atoms with van der Waals surface area (Å²) in [6.45, 7) is 7.22. The number of nitrogens with zero attached hydrogens (tertiary/aromatic N) is 1. The number of hydrogen-bond acceptors (Lipinski definition) is 2.